The van der Waals surface area contributed by atoms with Gasteiger partial charge in [0.1, 0.15) is 5.69 Å². The van der Waals surface area contributed by atoms with Crippen LogP contribution in [0.5, 0.6) is 0 Å². The predicted octanol–water partition coefficient (Wildman–Crippen LogP) is 2.18. The highest BCUT2D eigenvalue weighted by molar-refractivity contribution is 6.35. The lowest BCUT2D eigenvalue weighted by molar-refractivity contribution is 0.0957. The predicted molar refractivity (Wildman–Crippen MR) is 123 cm³/mol. The fourth-order valence-corrected chi connectivity index (χ4v) is 4.49. The van der Waals surface area contributed by atoms with Crippen LogP contribution in [0.25, 0.3) is 16.6 Å². The molecule has 1 amide bonds. The van der Waals surface area contributed by atoms with E-state index in [9.17, 15) is 18.4 Å². The van der Waals surface area contributed by atoms with Crippen LogP contribution in [0.4, 0.5) is 14.5 Å². The summed E-state index contributed by atoms with van der Waals surface area (Å²) in [6.45, 7) is 2.93. The van der Waals surface area contributed by atoms with Crippen molar-refractivity contribution in [3.63, 3.8) is 0 Å². The minimum Gasteiger partial charge on any atom is -0.365 e. The zero-order valence-corrected chi connectivity index (χ0v) is 18.9. The van der Waals surface area contributed by atoms with Crippen LogP contribution in [0.2, 0.25) is 5.02 Å². The molecule has 5 rings (SSSR count). The van der Waals surface area contributed by atoms with Gasteiger partial charge in [0.05, 0.1) is 27.9 Å². The van der Waals surface area contributed by atoms with Gasteiger partial charge in [0.2, 0.25) is 5.95 Å². The smallest absolute Gasteiger partial charge is 0.277 e. The van der Waals surface area contributed by atoms with E-state index in [4.69, 9.17) is 11.6 Å². The molecule has 1 aliphatic rings. The molecule has 9 nitrogen and oxygen atoms in total. The van der Waals surface area contributed by atoms with Gasteiger partial charge in [-0.25, -0.2) is 13.9 Å². The molecular weight excluding hydrogens is 468 g/mol. The van der Waals surface area contributed by atoms with E-state index in [0.717, 1.165) is 11.8 Å². The van der Waals surface area contributed by atoms with Crippen LogP contribution in [0.1, 0.15) is 16.1 Å². The summed E-state index contributed by atoms with van der Waals surface area (Å²) in [7, 11) is 1.46. The summed E-state index contributed by atoms with van der Waals surface area (Å²) < 4.78 is 29.6. The van der Waals surface area contributed by atoms with Crippen molar-refractivity contribution < 1.29 is 13.6 Å². The highest BCUT2D eigenvalue weighted by atomic mass is 35.5. The SMILES string of the molecule is CNC(=O)c1ccc(N2CCN(Cc3ccc4c([nH]c(=O)c5c(F)cnn54)c3Cl)CC2)c(F)n1. The first-order valence-corrected chi connectivity index (χ1v) is 11.0. The standard InChI is InChI=1S/C22H20ClF2N7O2/c1-26-21(33)14-3-5-16(20(25)28-14)31-8-6-30(7-9-31)11-12-2-4-15-18(17(12)23)29-22(34)19-13(24)10-27-32(15)19/h2-5,10H,6-9,11H2,1H3,(H,26,33)(H,29,34). The van der Waals surface area contributed by atoms with E-state index in [1.165, 1.54) is 17.6 Å². The molecule has 0 aliphatic carbocycles. The van der Waals surface area contributed by atoms with Gasteiger partial charge in [0.25, 0.3) is 11.5 Å². The minimum atomic E-state index is -0.698. The van der Waals surface area contributed by atoms with Gasteiger partial charge >= 0.3 is 0 Å². The lowest BCUT2D eigenvalue weighted by Gasteiger charge is -2.36. The molecule has 1 aliphatic heterocycles. The maximum atomic E-state index is 14.5. The number of aromatic nitrogens is 4. The van der Waals surface area contributed by atoms with E-state index < -0.39 is 23.2 Å². The van der Waals surface area contributed by atoms with E-state index in [0.29, 0.717) is 54.5 Å². The summed E-state index contributed by atoms with van der Waals surface area (Å²) >= 11 is 6.61. The topological polar surface area (TPSA) is 98.6 Å². The third kappa shape index (κ3) is 3.76. The molecule has 4 heterocycles. The number of hydrogen-bond donors (Lipinski definition) is 2. The Kier molecular flexibility index (Phi) is 5.66. The largest absolute Gasteiger partial charge is 0.365 e. The Morgan fingerprint density at radius 1 is 1.18 bits per heavy atom. The van der Waals surface area contributed by atoms with Crippen molar-refractivity contribution in [3.05, 3.63) is 68.9 Å². The number of anilines is 1. The fourth-order valence-electron chi connectivity index (χ4n) is 4.22. The van der Waals surface area contributed by atoms with E-state index in [1.54, 1.807) is 12.1 Å². The Morgan fingerprint density at radius 3 is 2.65 bits per heavy atom. The summed E-state index contributed by atoms with van der Waals surface area (Å²) in [5.74, 6) is -1.82. The molecule has 1 aromatic carbocycles. The number of hydrogen-bond acceptors (Lipinski definition) is 6. The van der Waals surface area contributed by atoms with Crippen LogP contribution >= 0.6 is 11.6 Å². The summed E-state index contributed by atoms with van der Waals surface area (Å²) in [5, 5.41) is 6.74. The van der Waals surface area contributed by atoms with Gasteiger partial charge < -0.3 is 15.2 Å². The average Bonchev–Trinajstić information content (AvgIpc) is 3.23. The van der Waals surface area contributed by atoms with Crippen molar-refractivity contribution in [1.82, 2.24) is 29.8 Å². The number of nitrogens with zero attached hydrogens (tertiary/aromatic N) is 5. The van der Waals surface area contributed by atoms with E-state index in [2.05, 4.69) is 25.3 Å². The highest BCUT2D eigenvalue weighted by Gasteiger charge is 2.23. The second-order valence-corrected chi connectivity index (χ2v) is 8.37. The molecule has 0 spiro atoms. The number of carbonyl (C=O) groups is 1. The van der Waals surface area contributed by atoms with Crippen LogP contribution < -0.4 is 15.8 Å². The van der Waals surface area contributed by atoms with Crippen LogP contribution in [-0.2, 0) is 6.54 Å². The van der Waals surface area contributed by atoms with Crippen molar-refractivity contribution >= 4 is 39.7 Å². The molecule has 12 heteroatoms. The van der Waals surface area contributed by atoms with Crippen molar-refractivity contribution in [3.8, 4) is 0 Å². The van der Waals surface area contributed by atoms with Gasteiger partial charge in [-0.05, 0) is 23.8 Å². The van der Waals surface area contributed by atoms with Gasteiger partial charge in [-0.2, -0.15) is 9.49 Å². The lowest BCUT2D eigenvalue weighted by Crippen LogP contribution is -2.46. The molecule has 0 radical (unpaired) electrons. The molecule has 0 saturated carbocycles. The van der Waals surface area contributed by atoms with Gasteiger partial charge in [0.15, 0.2) is 11.3 Å². The quantitative estimate of drug-likeness (QED) is 0.428. The molecule has 1 fully saturated rings. The van der Waals surface area contributed by atoms with Gasteiger partial charge in [0, 0.05) is 39.8 Å². The number of fused-ring (bicyclic) bond motifs is 3. The number of benzene rings is 1. The third-order valence-electron chi connectivity index (χ3n) is 6.00. The van der Waals surface area contributed by atoms with Crippen molar-refractivity contribution in [2.24, 2.45) is 0 Å². The number of carbonyl (C=O) groups excluding carboxylic acids is 1. The molecule has 34 heavy (non-hydrogen) atoms. The molecule has 0 atom stereocenters. The monoisotopic (exact) mass is 487 g/mol. The Bertz CT molecular complexity index is 1480. The van der Waals surface area contributed by atoms with Crippen LogP contribution in [-0.4, -0.2) is 63.6 Å². The molecular formula is C22H20ClF2N7O2. The number of pyridine rings is 1. The van der Waals surface area contributed by atoms with Gasteiger partial charge in [-0.1, -0.05) is 17.7 Å². The molecule has 1 saturated heterocycles. The van der Waals surface area contributed by atoms with Gasteiger partial charge in [-0.3, -0.25) is 14.5 Å². The number of aromatic amines is 1. The first-order valence-electron chi connectivity index (χ1n) is 10.6. The maximum Gasteiger partial charge on any atom is 0.277 e. The zero-order valence-electron chi connectivity index (χ0n) is 18.1. The molecule has 2 N–H and O–H groups in total. The van der Waals surface area contributed by atoms with Crippen LogP contribution in [0.15, 0.2) is 35.3 Å². The van der Waals surface area contributed by atoms with E-state index in [-0.39, 0.29) is 11.2 Å². The second kappa shape index (κ2) is 8.65. The third-order valence-corrected chi connectivity index (χ3v) is 6.43. The Balaban J connectivity index is 1.32. The number of piperazine rings is 1. The number of halogens is 3. The number of rotatable bonds is 4. The maximum absolute atomic E-state index is 14.5. The molecule has 3 aromatic heterocycles. The van der Waals surface area contributed by atoms with Crippen LogP contribution in [0, 0.1) is 11.8 Å². The Labute approximate surface area is 196 Å². The first kappa shape index (κ1) is 22.2. The zero-order chi connectivity index (χ0) is 24.0. The first-order chi connectivity index (χ1) is 16.4. The number of amides is 1. The number of H-pyrrole nitrogens is 1. The molecule has 0 unspecified atom stereocenters. The van der Waals surface area contributed by atoms with E-state index in [1.807, 2.05) is 11.0 Å². The minimum absolute atomic E-state index is 0.0292. The molecule has 4 aromatic rings. The highest BCUT2D eigenvalue weighted by Crippen LogP contribution is 2.28. The normalized spacial score (nSPS) is 14.8. The average molecular weight is 488 g/mol. The molecule has 176 valence electrons. The summed E-state index contributed by atoms with van der Waals surface area (Å²) in [5.41, 5.74) is 1.31. The van der Waals surface area contributed by atoms with Crippen molar-refractivity contribution in [2.45, 2.75) is 6.54 Å². The molecule has 0 bridgehead atoms. The van der Waals surface area contributed by atoms with E-state index >= 15 is 0 Å². The van der Waals surface area contributed by atoms with Gasteiger partial charge in [-0.15, -0.1) is 0 Å². The van der Waals surface area contributed by atoms with Crippen molar-refractivity contribution in [1.29, 1.82) is 0 Å². The summed E-state index contributed by atoms with van der Waals surface area (Å²) in [4.78, 5) is 34.4. The summed E-state index contributed by atoms with van der Waals surface area (Å²) in [6.07, 6.45) is 0.996. The summed E-state index contributed by atoms with van der Waals surface area (Å²) in [6, 6.07) is 6.65. The number of nitrogens with one attached hydrogen (secondary N) is 2. The second-order valence-electron chi connectivity index (χ2n) is 7.99. The Morgan fingerprint density at radius 2 is 1.94 bits per heavy atom. The lowest BCUT2D eigenvalue weighted by atomic mass is 10.1. The Hall–Kier alpha value is -3.57. The van der Waals surface area contributed by atoms with Crippen molar-refractivity contribution in [2.75, 3.05) is 38.1 Å². The van der Waals surface area contributed by atoms with Crippen LogP contribution in [0.3, 0.4) is 0 Å². The fraction of sp³-hybridized carbons (Fsp3) is 0.273.